The monoisotopic (exact) mass is 592 g/mol. The Morgan fingerprint density at radius 2 is 1.57 bits per heavy atom. The van der Waals surface area contributed by atoms with Crippen molar-refractivity contribution in [1.82, 2.24) is 10.2 Å². The van der Waals surface area contributed by atoms with Crippen molar-refractivity contribution in [3.05, 3.63) is 137 Å². The van der Waals surface area contributed by atoms with E-state index in [1.54, 1.807) is 19.2 Å². The molecule has 5 heteroatoms. The molecular formula is C39H45FN2O2. The van der Waals surface area contributed by atoms with Gasteiger partial charge in [0.2, 0.25) is 5.91 Å². The molecule has 1 heterocycles. The Kier molecular flexibility index (Phi) is 10.8. The average Bonchev–Trinajstić information content (AvgIpc) is 3.07. The van der Waals surface area contributed by atoms with Gasteiger partial charge in [-0.2, -0.15) is 0 Å². The lowest BCUT2D eigenvalue weighted by Crippen LogP contribution is -2.36. The number of carbonyl (C=O) groups is 1. The van der Waals surface area contributed by atoms with E-state index in [1.807, 2.05) is 0 Å². The van der Waals surface area contributed by atoms with Crippen LogP contribution < -0.4 is 10.1 Å². The van der Waals surface area contributed by atoms with E-state index in [1.165, 1.54) is 34.4 Å². The van der Waals surface area contributed by atoms with Crippen molar-refractivity contribution in [2.24, 2.45) is 0 Å². The summed E-state index contributed by atoms with van der Waals surface area (Å²) in [6.45, 7) is 5.04. The van der Waals surface area contributed by atoms with Gasteiger partial charge in [0.05, 0.1) is 7.11 Å². The topological polar surface area (TPSA) is 41.6 Å². The van der Waals surface area contributed by atoms with Crippen molar-refractivity contribution in [2.75, 3.05) is 26.7 Å². The highest BCUT2D eigenvalue weighted by molar-refractivity contribution is 5.76. The summed E-state index contributed by atoms with van der Waals surface area (Å²) in [4.78, 5) is 15.3. The Morgan fingerprint density at radius 3 is 2.23 bits per heavy atom. The van der Waals surface area contributed by atoms with Crippen LogP contribution in [0.5, 0.6) is 5.75 Å². The summed E-state index contributed by atoms with van der Waals surface area (Å²) < 4.78 is 18.7. The lowest BCUT2D eigenvalue weighted by molar-refractivity contribution is -0.121. The van der Waals surface area contributed by atoms with E-state index in [0.717, 1.165) is 56.5 Å². The summed E-state index contributed by atoms with van der Waals surface area (Å²) in [6, 6.07) is 35.1. The number of rotatable bonds is 14. The second kappa shape index (κ2) is 15.2. The van der Waals surface area contributed by atoms with Gasteiger partial charge < -0.3 is 10.1 Å². The van der Waals surface area contributed by atoms with Gasteiger partial charge in [-0.3, -0.25) is 9.69 Å². The minimum Gasteiger partial charge on any atom is -0.497 e. The molecule has 0 bridgehead atoms. The van der Waals surface area contributed by atoms with E-state index in [-0.39, 0.29) is 17.1 Å². The van der Waals surface area contributed by atoms with Crippen molar-refractivity contribution in [1.29, 1.82) is 0 Å². The van der Waals surface area contributed by atoms with E-state index in [9.17, 15) is 9.18 Å². The van der Waals surface area contributed by atoms with Crippen LogP contribution in [0.25, 0.3) is 0 Å². The summed E-state index contributed by atoms with van der Waals surface area (Å²) in [7, 11) is 1.73. The number of hydrogen-bond acceptors (Lipinski definition) is 3. The molecule has 0 saturated carbocycles. The van der Waals surface area contributed by atoms with Crippen LogP contribution in [0.2, 0.25) is 0 Å². The number of hydrogen-bond donors (Lipinski definition) is 1. The highest BCUT2D eigenvalue weighted by Crippen LogP contribution is 2.41. The molecule has 1 amide bonds. The van der Waals surface area contributed by atoms with E-state index in [4.69, 9.17) is 4.74 Å². The van der Waals surface area contributed by atoms with Gasteiger partial charge >= 0.3 is 0 Å². The third-order valence-corrected chi connectivity index (χ3v) is 9.37. The van der Waals surface area contributed by atoms with Crippen LogP contribution in [-0.4, -0.2) is 37.6 Å². The van der Waals surface area contributed by atoms with Crippen LogP contribution in [0.3, 0.4) is 0 Å². The zero-order valence-electron chi connectivity index (χ0n) is 26.1. The van der Waals surface area contributed by atoms with Gasteiger partial charge in [-0.1, -0.05) is 78.9 Å². The van der Waals surface area contributed by atoms with Gasteiger partial charge in [0.1, 0.15) is 11.6 Å². The first-order chi connectivity index (χ1) is 21.5. The Balaban J connectivity index is 1.25. The van der Waals surface area contributed by atoms with Crippen LogP contribution >= 0.6 is 0 Å². The molecule has 1 aliphatic heterocycles. The highest BCUT2D eigenvalue weighted by Gasteiger charge is 2.34. The highest BCUT2D eigenvalue weighted by atomic mass is 19.1. The van der Waals surface area contributed by atoms with Crippen molar-refractivity contribution < 1.29 is 13.9 Å². The molecule has 0 aromatic heterocycles. The molecule has 4 aromatic rings. The Morgan fingerprint density at radius 1 is 0.909 bits per heavy atom. The molecule has 0 radical (unpaired) electrons. The van der Waals surface area contributed by atoms with Crippen LogP contribution in [0.15, 0.2) is 103 Å². The normalized spacial score (nSPS) is 15.0. The SMILES string of the molecule is COc1ccc2c(c1)CCN(CCCC(CCCNC(=O)CCc1ccc(F)cc1)(c1ccccc1)c1ccccc1)C2C. The van der Waals surface area contributed by atoms with E-state index < -0.39 is 0 Å². The Labute approximate surface area is 262 Å². The van der Waals surface area contributed by atoms with Crippen molar-refractivity contribution in [2.45, 2.75) is 63.3 Å². The lowest BCUT2D eigenvalue weighted by atomic mass is 9.68. The van der Waals surface area contributed by atoms with Gasteiger partial charge in [-0.05, 0) is 104 Å². The smallest absolute Gasteiger partial charge is 0.220 e. The number of benzene rings is 4. The third-order valence-electron chi connectivity index (χ3n) is 9.37. The predicted molar refractivity (Wildman–Crippen MR) is 177 cm³/mol. The zero-order valence-corrected chi connectivity index (χ0v) is 26.1. The molecule has 1 unspecified atom stereocenters. The lowest BCUT2D eigenvalue weighted by Gasteiger charge is -2.39. The molecule has 4 nitrogen and oxygen atoms in total. The molecular weight excluding hydrogens is 547 g/mol. The van der Waals surface area contributed by atoms with Crippen LogP contribution in [0.4, 0.5) is 4.39 Å². The fraction of sp³-hybridized carbons (Fsp3) is 0.359. The van der Waals surface area contributed by atoms with Gasteiger partial charge in [0, 0.05) is 31.0 Å². The van der Waals surface area contributed by atoms with Crippen molar-refractivity contribution in [3.63, 3.8) is 0 Å². The number of nitrogens with one attached hydrogen (secondary N) is 1. The Hall–Kier alpha value is -3.96. The predicted octanol–water partition coefficient (Wildman–Crippen LogP) is 8.05. The van der Waals surface area contributed by atoms with Gasteiger partial charge in [0.15, 0.2) is 0 Å². The fourth-order valence-corrected chi connectivity index (χ4v) is 6.88. The number of fused-ring (bicyclic) bond motifs is 1. The molecule has 44 heavy (non-hydrogen) atoms. The third kappa shape index (κ3) is 7.75. The molecule has 1 N–H and O–H groups in total. The molecule has 0 spiro atoms. The molecule has 0 fully saturated rings. The summed E-state index contributed by atoms with van der Waals surface area (Å²) >= 11 is 0. The van der Waals surface area contributed by atoms with E-state index in [0.29, 0.717) is 25.4 Å². The van der Waals surface area contributed by atoms with Crippen LogP contribution in [0, 0.1) is 5.82 Å². The Bertz CT molecular complexity index is 1430. The summed E-state index contributed by atoms with van der Waals surface area (Å²) in [5, 5.41) is 3.14. The maximum atomic E-state index is 13.2. The van der Waals surface area contributed by atoms with Gasteiger partial charge in [-0.15, -0.1) is 0 Å². The largest absolute Gasteiger partial charge is 0.497 e. The van der Waals surface area contributed by atoms with Crippen molar-refractivity contribution in [3.8, 4) is 5.75 Å². The zero-order chi connectivity index (χ0) is 30.8. The number of methoxy groups -OCH3 is 1. The fourth-order valence-electron chi connectivity index (χ4n) is 6.88. The second-order valence-corrected chi connectivity index (χ2v) is 12.0. The molecule has 0 saturated heterocycles. The minimum absolute atomic E-state index is 0.0383. The molecule has 4 aromatic carbocycles. The molecule has 230 valence electrons. The number of halogens is 1. The molecule has 5 rings (SSSR count). The first kappa shape index (κ1) is 31.5. The standard InChI is InChI=1S/C39H45FN2O2/c1-30-37-21-20-36(44-2)29-32(37)23-28-42(30)27-10-25-39(33-11-5-3-6-12-33,34-13-7-4-8-14-34)24-9-26-41-38(43)22-17-31-15-18-35(40)19-16-31/h3-8,11-16,18-21,29-30H,9-10,17,22-28H2,1-2H3,(H,41,43). The first-order valence-corrected chi connectivity index (χ1v) is 16.0. The molecule has 1 aliphatic rings. The van der Waals surface area contributed by atoms with Crippen LogP contribution in [0.1, 0.15) is 72.9 Å². The van der Waals surface area contributed by atoms with Crippen LogP contribution in [-0.2, 0) is 23.1 Å². The number of amides is 1. The average molecular weight is 593 g/mol. The minimum atomic E-state index is -0.254. The molecule has 0 aliphatic carbocycles. The first-order valence-electron chi connectivity index (χ1n) is 16.0. The summed E-state index contributed by atoms with van der Waals surface area (Å²) in [6.07, 6.45) is 5.97. The number of nitrogens with zero attached hydrogens (tertiary/aromatic N) is 1. The number of ether oxygens (including phenoxy) is 1. The van der Waals surface area contributed by atoms with Crippen molar-refractivity contribution >= 4 is 5.91 Å². The van der Waals surface area contributed by atoms with Gasteiger partial charge in [-0.25, -0.2) is 4.39 Å². The van der Waals surface area contributed by atoms with E-state index in [2.05, 4.69) is 96.0 Å². The quantitative estimate of drug-likeness (QED) is 0.151. The summed E-state index contributed by atoms with van der Waals surface area (Å²) in [5.41, 5.74) is 6.29. The summed E-state index contributed by atoms with van der Waals surface area (Å²) in [5.74, 6) is 0.718. The maximum absolute atomic E-state index is 13.2. The second-order valence-electron chi connectivity index (χ2n) is 12.0. The number of aryl methyl sites for hydroxylation is 1. The molecule has 1 atom stereocenters. The maximum Gasteiger partial charge on any atom is 0.220 e. The van der Waals surface area contributed by atoms with Gasteiger partial charge in [0.25, 0.3) is 0 Å². The van der Waals surface area contributed by atoms with E-state index >= 15 is 0 Å². The number of carbonyl (C=O) groups excluding carboxylic acids is 1.